The van der Waals surface area contributed by atoms with E-state index in [1.54, 1.807) is 0 Å². The Morgan fingerprint density at radius 2 is 2.26 bits per heavy atom. The van der Waals surface area contributed by atoms with E-state index in [1.165, 1.54) is 0 Å². The fourth-order valence-electron chi connectivity index (χ4n) is 2.67. The SMILES string of the molecule is Nc1nc2c3c(n[nH]c3n1)OCC1CCOCCN21. The molecule has 2 aromatic heterocycles. The molecule has 0 saturated carbocycles. The van der Waals surface area contributed by atoms with Crippen LogP contribution in [0.15, 0.2) is 0 Å². The maximum atomic E-state index is 5.78. The molecule has 0 amide bonds. The number of rotatable bonds is 0. The second-order valence-corrected chi connectivity index (χ2v) is 4.72. The number of nitrogen functional groups attached to an aromatic ring is 1. The Morgan fingerprint density at radius 3 is 3.21 bits per heavy atom. The fraction of sp³-hybridized carbons (Fsp3) is 0.545. The van der Waals surface area contributed by atoms with Gasteiger partial charge in [-0.05, 0) is 6.42 Å². The van der Waals surface area contributed by atoms with Crippen LogP contribution in [0.25, 0.3) is 11.0 Å². The van der Waals surface area contributed by atoms with E-state index in [-0.39, 0.29) is 12.0 Å². The number of hydrogen-bond donors (Lipinski definition) is 2. The lowest BCUT2D eigenvalue weighted by atomic mass is 10.2. The van der Waals surface area contributed by atoms with Gasteiger partial charge >= 0.3 is 0 Å². The van der Waals surface area contributed by atoms with Crippen LogP contribution in [-0.4, -0.2) is 52.6 Å². The maximum absolute atomic E-state index is 5.78. The zero-order chi connectivity index (χ0) is 12.8. The highest BCUT2D eigenvalue weighted by atomic mass is 16.5. The summed E-state index contributed by atoms with van der Waals surface area (Å²) in [7, 11) is 0. The van der Waals surface area contributed by atoms with Crippen molar-refractivity contribution in [2.75, 3.05) is 37.0 Å². The molecule has 0 radical (unpaired) electrons. The Bertz CT molecular complexity index is 627. The van der Waals surface area contributed by atoms with Crippen molar-refractivity contribution in [3.8, 4) is 5.88 Å². The molecule has 3 N–H and O–H groups in total. The highest BCUT2D eigenvalue weighted by molar-refractivity contribution is 5.93. The first-order chi connectivity index (χ1) is 9.33. The standard InChI is InChI=1S/C11H14N6O2/c12-11-13-8-7-9(14-11)17-2-4-18-3-1-6(17)5-19-10(7)16-15-8/h6H,1-5H2,(H3,12,13,14,15,16). The quantitative estimate of drug-likeness (QED) is 0.684. The summed E-state index contributed by atoms with van der Waals surface area (Å²) in [5.74, 6) is 1.58. The van der Waals surface area contributed by atoms with E-state index in [2.05, 4.69) is 25.1 Å². The molecular weight excluding hydrogens is 248 g/mol. The number of fused-ring (bicyclic) bond motifs is 2. The molecule has 4 rings (SSSR count). The average Bonchev–Trinajstić information content (AvgIpc) is 2.59. The Hall–Kier alpha value is -2.09. The van der Waals surface area contributed by atoms with Gasteiger partial charge in [0.05, 0.1) is 12.6 Å². The predicted octanol–water partition coefficient (Wildman–Crippen LogP) is -0.0772. The van der Waals surface area contributed by atoms with E-state index in [4.69, 9.17) is 15.2 Å². The minimum absolute atomic E-state index is 0.231. The van der Waals surface area contributed by atoms with E-state index in [1.807, 2.05) is 0 Å². The van der Waals surface area contributed by atoms with Gasteiger partial charge in [0.1, 0.15) is 17.8 Å². The number of ether oxygens (including phenoxy) is 2. The number of H-pyrrole nitrogens is 1. The Balaban J connectivity index is 1.94. The molecule has 1 atom stereocenters. The highest BCUT2D eigenvalue weighted by Gasteiger charge is 2.31. The van der Waals surface area contributed by atoms with Crippen molar-refractivity contribution in [2.45, 2.75) is 12.5 Å². The lowest BCUT2D eigenvalue weighted by Gasteiger charge is -2.28. The van der Waals surface area contributed by atoms with Crippen molar-refractivity contribution >= 4 is 22.8 Å². The molecule has 1 fully saturated rings. The van der Waals surface area contributed by atoms with Crippen LogP contribution in [0.4, 0.5) is 11.8 Å². The number of anilines is 2. The monoisotopic (exact) mass is 262 g/mol. The van der Waals surface area contributed by atoms with Crippen LogP contribution in [0, 0.1) is 0 Å². The molecule has 0 aliphatic carbocycles. The topological polar surface area (TPSA) is 102 Å². The summed E-state index contributed by atoms with van der Waals surface area (Å²) in [6, 6.07) is 0.231. The van der Waals surface area contributed by atoms with E-state index >= 15 is 0 Å². The first-order valence-corrected chi connectivity index (χ1v) is 6.31. The van der Waals surface area contributed by atoms with Crippen LogP contribution in [0.1, 0.15) is 6.42 Å². The van der Waals surface area contributed by atoms with Gasteiger partial charge in [0.25, 0.3) is 0 Å². The van der Waals surface area contributed by atoms with Gasteiger partial charge < -0.3 is 20.1 Å². The summed E-state index contributed by atoms with van der Waals surface area (Å²) in [6.07, 6.45) is 0.902. The zero-order valence-corrected chi connectivity index (χ0v) is 10.3. The van der Waals surface area contributed by atoms with Gasteiger partial charge in [-0.2, -0.15) is 9.97 Å². The van der Waals surface area contributed by atoms with Crippen LogP contribution in [0.2, 0.25) is 0 Å². The van der Waals surface area contributed by atoms with Crippen molar-refractivity contribution in [3.05, 3.63) is 0 Å². The van der Waals surface area contributed by atoms with E-state index in [0.717, 1.165) is 30.8 Å². The fourth-order valence-corrected chi connectivity index (χ4v) is 2.67. The molecule has 2 aliphatic rings. The Labute approximate surface area is 108 Å². The number of aromatic amines is 1. The average molecular weight is 262 g/mol. The normalized spacial score (nSPS) is 22.5. The second-order valence-electron chi connectivity index (χ2n) is 4.72. The lowest BCUT2D eigenvalue weighted by molar-refractivity contribution is 0.147. The number of aromatic nitrogens is 4. The molecule has 8 heteroatoms. The van der Waals surface area contributed by atoms with Crippen molar-refractivity contribution < 1.29 is 9.47 Å². The van der Waals surface area contributed by atoms with Crippen molar-refractivity contribution in [1.82, 2.24) is 20.2 Å². The van der Waals surface area contributed by atoms with E-state index < -0.39 is 0 Å². The van der Waals surface area contributed by atoms with Crippen LogP contribution >= 0.6 is 0 Å². The molecule has 0 bridgehead atoms. The Morgan fingerprint density at radius 1 is 1.32 bits per heavy atom. The van der Waals surface area contributed by atoms with Crippen molar-refractivity contribution in [3.63, 3.8) is 0 Å². The summed E-state index contributed by atoms with van der Waals surface area (Å²) in [6.45, 7) is 2.75. The van der Waals surface area contributed by atoms with Gasteiger partial charge in [-0.15, -0.1) is 5.10 Å². The number of hydrogen-bond acceptors (Lipinski definition) is 7. The van der Waals surface area contributed by atoms with E-state index in [9.17, 15) is 0 Å². The Kier molecular flexibility index (Phi) is 2.25. The summed E-state index contributed by atoms with van der Waals surface area (Å²) in [5, 5.41) is 7.79. The molecule has 1 unspecified atom stereocenters. The minimum Gasteiger partial charge on any atom is -0.474 e. The van der Waals surface area contributed by atoms with Crippen LogP contribution in [0.5, 0.6) is 5.88 Å². The molecule has 0 spiro atoms. The minimum atomic E-state index is 0.231. The number of nitrogens with zero attached hydrogens (tertiary/aromatic N) is 4. The maximum Gasteiger partial charge on any atom is 0.246 e. The third kappa shape index (κ3) is 1.60. The summed E-state index contributed by atoms with van der Waals surface area (Å²) >= 11 is 0. The molecule has 1 saturated heterocycles. The van der Waals surface area contributed by atoms with Crippen LogP contribution in [0.3, 0.4) is 0 Å². The molecule has 0 aromatic carbocycles. The predicted molar refractivity (Wildman–Crippen MR) is 68.2 cm³/mol. The molecule has 19 heavy (non-hydrogen) atoms. The van der Waals surface area contributed by atoms with E-state index in [0.29, 0.717) is 24.7 Å². The molecule has 8 nitrogen and oxygen atoms in total. The van der Waals surface area contributed by atoms with Gasteiger partial charge in [0.15, 0.2) is 5.65 Å². The molecular formula is C11H14N6O2. The summed E-state index contributed by atoms with van der Waals surface area (Å²) in [5.41, 5.74) is 6.39. The van der Waals surface area contributed by atoms with Gasteiger partial charge in [0, 0.05) is 13.2 Å². The zero-order valence-electron chi connectivity index (χ0n) is 10.3. The van der Waals surface area contributed by atoms with Gasteiger partial charge in [-0.1, -0.05) is 0 Å². The third-order valence-corrected chi connectivity index (χ3v) is 3.58. The van der Waals surface area contributed by atoms with Crippen LogP contribution < -0.4 is 15.4 Å². The molecule has 2 aliphatic heterocycles. The summed E-state index contributed by atoms with van der Waals surface area (Å²) < 4.78 is 11.3. The first kappa shape index (κ1) is 10.8. The smallest absolute Gasteiger partial charge is 0.246 e. The van der Waals surface area contributed by atoms with Crippen LogP contribution in [-0.2, 0) is 4.74 Å². The second kappa shape index (κ2) is 3.95. The highest BCUT2D eigenvalue weighted by Crippen LogP contribution is 2.35. The third-order valence-electron chi connectivity index (χ3n) is 3.58. The number of nitrogens with one attached hydrogen (secondary N) is 1. The number of nitrogens with two attached hydrogens (primary N) is 1. The molecule has 100 valence electrons. The van der Waals surface area contributed by atoms with Gasteiger partial charge in [0.2, 0.25) is 11.8 Å². The lowest BCUT2D eigenvalue weighted by Crippen LogP contribution is -2.39. The largest absolute Gasteiger partial charge is 0.474 e. The molecule has 2 aromatic rings. The summed E-state index contributed by atoms with van der Waals surface area (Å²) in [4.78, 5) is 10.7. The van der Waals surface area contributed by atoms with Gasteiger partial charge in [-0.3, -0.25) is 5.10 Å². The van der Waals surface area contributed by atoms with Crippen molar-refractivity contribution in [1.29, 1.82) is 0 Å². The van der Waals surface area contributed by atoms with Crippen molar-refractivity contribution in [2.24, 2.45) is 0 Å². The van der Waals surface area contributed by atoms with Gasteiger partial charge in [-0.25, -0.2) is 0 Å². The molecule has 4 heterocycles. The first-order valence-electron chi connectivity index (χ1n) is 6.31.